The van der Waals surface area contributed by atoms with E-state index >= 15 is 0 Å². The molecule has 9 heteroatoms. The number of hydrogen-bond acceptors (Lipinski definition) is 8. The van der Waals surface area contributed by atoms with E-state index in [1.54, 1.807) is 0 Å². The molecular weight excluding hydrogens is 442 g/mol. The molecule has 194 valence electrons. The Morgan fingerprint density at radius 2 is 1.47 bits per heavy atom. The normalized spacial score (nSPS) is 22.9. The first-order valence-electron chi connectivity index (χ1n) is 12.4. The predicted molar refractivity (Wildman–Crippen MR) is 125 cm³/mol. The van der Waals surface area contributed by atoms with Crippen molar-refractivity contribution in [3.05, 3.63) is 0 Å². The number of terminal acetylenes is 1. The Bertz CT molecular complexity index is 662. The molecule has 0 aliphatic carbocycles. The van der Waals surface area contributed by atoms with Gasteiger partial charge in [-0.3, -0.25) is 14.4 Å². The summed E-state index contributed by atoms with van der Waals surface area (Å²) in [5.74, 6) is 1.29. The molecule has 0 bridgehead atoms. The molecular formula is C25H42NO8+. The lowest BCUT2D eigenvalue weighted by Gasteiger charge is -2.40. The maximum atomic E-state index is 12.4. The van der Waals surface area contributed by atoms with Gasteiger partial charge in [0.25, 0.3) is 0 Å². The van der Waals surface area contributed by atoms with E-state index in [2.05, 4.69) is 5.92 Å². The largest absolute Gasteiger partial charge is 0.456 e. The van der Waals surface area contributed by atoms with Crippen LogP contribution in [0.25, 0.3) is 0 Å². The van der Waals surface area contributed by atoms with Crippen molar-refractivity contribution in [2.24, 2.45) is 0 Å². The van der Waals surface area contributed by atoms with Crippen molar-refractivity contribution < 1.29 is 43.0 Å². The highest BCUT2D eigenvalue weighted by molar-refractivity contribution is 5.71. The molecule has 1 aliphatic heterocycles. The first kappa shape index (κ1) is 29.9. The van der Waals surface area contributed by atoms with E-state index in [0.717, 1.165) is 19.4 Å². The molecule has 0 aromatic carbocycles. The van der Waals surface area contributed by atoms with Crippen LogP contribution in [-0.4, -0.2) is 75.9 Å². The van der Waals surface area contributed by atoms with Gasteiger partial charge in [0.2, 0.25) is 0 Å². The Balaban J connectivity index is 2.92. The summed E-state index contributed by atoms with van der Waals surface area (Å²) in [6.45, 7) is 7.48. The van der Waals surface area contributed by atoms with Crippen molar-refractivity contribution >= 4 is 17.9 Å². The Morgan fingerprint density at radius 3 is 2.03 bits per heavy atom. The summed E-state index contributed by atoms with van der Waals surface area (Å²) < 4.78 is 28.5. The van der Waals surface area contributed by atoms with E-state index in [9.17, 15) is 14.4 Å². The van der Waals surface area contributed by atoms with Crippen LogP contribution in [0, 0.1) is 12.3 Å². The van der Waals surface area contributed by atoms with E-state index in [-0.39, 0.29) is 25.9 Å². The van der Waals surface area contributed by atoms with Gasteiger partial charge in [0.1, 0.15) is 6.54 Å². The van der Waals surface area contributed by atoms with Crippen molar-refractivity contribution in [1.82, 2.24) is 0 Å². The van der Waals surface area contributed by atoms with Crippen LogP contribution < -0.4 is 4.90 Å². The third kappa shape index (κ3) is 11.3. The molecule has 0 radical (unpaired) electrons. The zero-order valence-corrected chi connectivity index (χ0v) is 21.1. The number of ether oxygens (including phenoxy) is 5. The molecule has 5 unspecified atom stereocenters. The maximum Gasteiger partial charge on any atom is 0.306 e. The zero-order chi connectivity index (χ0) is 25.3. The number of rotatable bonds is 16. The highest BCUT2D eigenvalue weighted by atomic mass is 16.7. The third-order valence-corrected chi connectivity index (χ3v) is 5.25. The standard InChI is InChI=1S/C25H41NO8/c1-6-12-20(27)32-19-18-31-25(30-17-11-10-16-26(5)15-9-4)24(34-22(29)14-8-3)23(19)33-21(28)13-7-2/h4,19,23-25H,6-8,10-18H2,1-3,5H3/p+1. The molecule has 1 heterocycles. The van der Waals surface area contributed by atoms with Gasteiger partial charge < -0.3 is 28.6 Å². The summed E-state index contributed by atoms with van der Waals surface area (Å²) in [5.41, 5.74) is 0. The number of unbranched alkanes of at least 4 members (excludes halogenated alkanes) is 1. The van der Waals surface area contributed by atoms with Gasteiger partial charge in [0.15, 0.2) is 24.6 Å². The third-order valence-electron chi connectivity index (χ3n) is 5.25. The summed E-state index contributed by atoms with van der Waals surface area (Å²) in [7, 11) is 2.03. The fourth-order valence-electron chi connectivity index (χ4n) is 3.51. The minimum Gasteiger partial charge on any atom is -0.456 e. The Morgan fingerprint density at radius 1 is 0.912 bits per heavy atom. The number of carbonyl (C=O) groups is 3. The summed E-state index contributed by atoms with van der Waals surface area (Å²) in [5, 5.41) is 0. The molecule has 0 aromatic heterocycles. The molecule has 0 saturated carbocycles. The van der Waals surface area contributed by atoms with Crippen LogP contribution in [0.5, 0.6) is 0 Å². The highest BCUT2D eigenvalue weighted by Crippen LogP contribution is 2.26. The highest BCUT2D eigenvalue weighted by Gasteiger charge is 2.48. The molecule has 0 aromatic rings. The Kier molecular flexibility index (Phi) is 15.2. The molecule has 1 aliphatic rings. The van der Waals surface area contributed by atoms with Gasteiger partial charge >= 0.3 is 17.9 Å². The minimum atomic E-state index is -1.04. The maximum absolute atomic E-state index is 12.4. The van der Waals surface area contributed by atoms with Crippen LogP contribution in [0.3, 0.4) is 0 Å². The van der Waals surface area contributed by atoms with Gasteiger partial charge in [-0.15, -0.1) is 6.42 Å². The van der Waals surface area contributed by atoms with Crippen molar-refractivity contribution in [3.63, 3.8) is 0 Å². The number of carbonyl (C=O) groups excluding carboxylic acids is 3. The molecule has 0 spiro atoms. The lowest BCUT2D eigenvalue weighted by atomic mass is 10.0. The summed E-state index contributed by atoms with van der Waals surface area (Å²) in [6, 6.07) is 0. The van der Waals surface area contributed by atoms with Crippen LogP contribution in [-0.2, 0) is 38.1 Å². The smallest absolute Gasteiger partial charge is 0.306 e. The topological polar surface area (TPSA) is 102 Å². The summed E-state index contributed by atoms with van der Waals surface area (Å²) in [4.78, 5) is 38.1. The molecule has 1 fully saturated rings. The number of quaternary nitrogens is 1. The Labute approximate surface area is 203 Å². The molecule has 34 heavy (non-hydrogen) atoms. The Hall–Kier alpha value is -2.15. The van der Waals surface area contributed by atoms with Crippen molar-refractivity contribution in [3.8, 4) is 12.3 Å². The number of nitrogens with one attached hydrogen (secondary N) is 1. The van der Waals surface area contributed by atoms with Gasteiger partial charge in [0, 0.05) is 19.3 Å². The van der Waals surface area contributed by atoms with Crippen LogP contribution in [0.1, 0.15) is 72.1 Å². The van der Waals surface area contributed by atoms with Crippen molar-refractivity contribution in [2.45, 2.75) is 96.7 Å². The second-order valence-corrected chi connectivity index (χ2v) is 8.55. The first-order valence-corrected chi connectivity index (χ1v) is 12.4. The summed E-state index contributed by atoms with van der Waals surface area (Å²) >= 11 is 0. The molecule has 9 nitrogen and oxygen atoms in total. The summed E-state index contributed by atoms with van der Waals surface area (Å²) in [6.07, 6.45) is 5.55. The second-order valence-electron chi connectivity index (χ2n) is 8.55. The van der Waals surface area contributed by atoms with Crippen LogP contribution in [0.15, 0.2) is 0 Å². The monoisotopic (exact) mass is 484 g/mol. The van der Waals surface area contributed by atoms with E-state index in [1.807, 2.05) is 27.8 Å². The minimum absolute atomic E-state index is 0.0267. The van der Waals surface area contributed by atoms with E-state index in [4.69, 9.17) is 30.1 Å². The van der Waals surface area contributed by atoms with Crippen molar-refractivity contribution in [1.29, 1.82) is 0 Å². The van der Waals surface area contributed by atoms with E-state index in [1.165, 1.54) is 4.90 Å². The van der Waals surface area contributed by atoms with Gasteiger partial charge in [-0.1, -0.05) is 20.8 Å². The molecule has 1 N–H and O–H groups in total. The second kappa shape index (κ2) is 17.3. The average Bonchev–Trinajstić information content (AvgIpc) is 2.77. The first-order chi connectivity index (χ1) is 16.4. The average molecular weight is 485 g/mol. The SMILES string of the molecule is C#CC[NH+](C)CCCCOC1OCC(OC(=O)CCC)C(OC(=O)CCC)C1OC(=O)CCC. The van der Waals surface area contributed by atoms with E-state index < -0.39 is 42.5 Å². The quantitative estimate of drug-likeness (QED) is 0.152. The van der Waals surface area contributed by atoms with Crippen LogP contribution in [0.2, 0.25) is 0 Å². The van der Waals surface area contributed by atoms with Crippen LogP contribution >= 0.6 is 0 Å². The number of esters is 3. The van der Waals surface area contributed by atoms with Gasteiger partial charge in [0.05, 0.1) is 26.8 Å². The molecule has 1 saturated heterocycles. The fraction of sp³-hybridized carbons (Fsp3) is 0.800. The molecule has 1 rings (SSSR count). The zero-order valence-electron chi connectivity index (χ0n) is 21.1. The van der Waals surface area contributed by atoms with E-state index in [0.29, 0.717) is 32.4 Å². The van der Waals surface area contributed by atoms with Gasteiger partial charge in [-0.05, 0) is 38.0 Å². The van der Waals surface area contributed by atoms with Crippen molar-refractivity contribution in [2.75, 3.05) is 33.4 Å². The molecule has 5 atom stereocenters. The van der Waals surface area contributed by atoms with Gasteiger partial charge in [-0.2, -0.15) is 0 Å². The van der Waals surface area contributed by atoms with Crippen LogP contribution in [0.4, 0.5) is 0 Å². The lowest BCUT2D eigenvalue weighted by Crippen LogP contribution is -3.08. The molecule has 0 amide bonds. The fourth-order valence-corrected chi connectivity index (χ4v) is 3.51. The number of hydrogen-bond donors (Lipinski definition) is 1. The lowest BCUT2D eigenvalue weighted by molar-refractivity contribution is -0.872. The van der Waals surface area contributed by atoms with Gasteiger partial charge in [-0.25, -0.2) is 0 Å². The predicted octanol–water partition coefficient (Wildman–Crippen LogP) is 1.42.